The van der Waals surface area contributed by atoms with E-state index >= 15 is 0 Å². The van der Waals surface area contributed by atoms with E-state index in [-0.39, 0.29) is 5.91 Å². The summed E-state index contributed by atoms with van der Waals surface area (Å²) in [5, 5.41) is 2.89. The zero-order valence-electron chi connectivity index (χ0n) is 16.2. The molecule has 7 heteroatoms. The maximum Gasteiger partial charge on any atom is 0.255 e. The second-order valence-electron chi connectivity index (χ2n) is 6.66. The zero-order chi connectivity index (χ0) is 20.9. The monoisotopic (exact) mass is 426 g/mol. The van der Waals surface area contributed by atoms with E-state index in [0.717, 1.165) is 23.3 Å². The van der Waals surface area contributed by atoms with Crippen molar-refractivity contribution in [3.05, 3.63) is 89.5 Å². The van der Waals surface area contributed by atoms with Crippen molar-refractivity contribution in [1.29, 1.82) is 0 Å². The van der Waals surface area contributed by atoms with Gasteiger partial charge in [0, 0.05) is 27.6 Å². The Morgan fingerprint density at radius 2 is 1.72 bits per heavy atom. The summed E-state index contributed by atoms with van der Waals surface area (Å²) in [4.78, 5) is 13.8. The molecule has 0 spiro atoms. The van der Waals surface area contributed by atoms with Crippen molar-refractivity contribution in [2.45, 2.75) is 17.6 Å². The molecule has 150 valence electrons. The summed E-state index contributed by atoms with van der Waals surface area (Å²) in [7, 11) is -3.40. The number of hydrogen-bond donors (Lipinski definition) is 2. The van der Waals surface area contributed by atoms with Crippen LogP contribution in [0.4, 0.5) is 11.4 Å². The smallest absolute Gasteiger partial charge is 0.255 e. The van der Waals surface area contributed by atoms with E-state index < -0.39 is 10.0 Å². The van der Waals surface area contributed by atoms with Gasteiger partial charge in [-0.3, -0.25) is 9.52 Å². The molecule has 2 N–H and O–H groups in total. The average molecular weight is 427 g/mol. The van der Waals surface area contributed by atoms with Crippen LogP contribution in [-0.2, 0) is 15.8 Å². The third kappa shape index (κ3) is 6.37. The Morgan fingerprint density at radius 1 is 0.966 bits per heavy atom. The Bertz CT molecular complexity index is 1110. The van der Waals surface area contributed by atoms with Crippen LogP contribution in [0, 0.1) is 6.92 Å². The Balaban J connectivity index is 1.67. The van der Waals surface area contributed by atoms with Gasteiger partial charge in [-0.2, -0.15) is 0 Å². The van der Waals surface area contributed by atoms with Crippen LogP contribution < -0.4 is 10.0 Å². The number of thioether (sulfide) groups is 1. The topological polar surface area (TPSA) is 75.3 Å². The molecule has 29 heavy (non-hydrogen) atoms. The van der Waals surface area contributed by atoms with Gasteiger partial charge >= 0.3 is 0 Å². The normalized spacial score (nSPS) is 11.1. The van der Waals surface area contributed by atoms with Crippen LogP contribution in [0.3, 0.4) is 0 Å². The van der Waals surface area contributed by atoms with Crippen LogP contribution in [0.25, 0.3) is 0 Å². The summed E-state index contributed by atoms with van der Waals surface area (Å²) in [5.41, 5.74) is 3.60. The maximum absolute atomic E-state index is 12.6. The first-order chi connectivity index (χ1) is 13.8. The minimum atomic E-state index is -3.40. The molecule has 0 radical (unpaired) electrons. The minimum absolute atomic E-state index is 0.295. The molecule has 0 heterocycles. The number of hydrogen-bond acceptors (Lipinski definition) is 4. The van der Waals surface area contributed by atoms with Crippen molar-refractivity contribution >= 4 is 39.1 Å². The molecule has 1 amide bonds. The van der Waals surface area contributed by atoms with Crippen molar-refractivity contribution in [2.24, 2.45) is 0 Å². The van der Waals surface area contributed by atoms with Gasteiger partial charge < -0.3 is 5.32 Å². The second-order valence-corrected chi connectivity index (χ2v) is 9.46. The first-order valence-electron chi connectivity index (χ1n) is 8.97. The third-order valence-electron chi connectivity index (χ3n) is 4.12. The van der Waals surface area contributed by atoms with Gasteiger partial charge in [-0.05, 0) is 54.4 Å². The highest BCUT2D eigenvalue weighted by Gasteiger charge is 2.10. The maximum atomic E-state index is 12.6. The summed E-state index contributed by atoms with van der Waals surface area (Å²) >= 11 is 1.76. The predicted octanol–water partition coefficient (Wildman–Crippen LogP) is 4.91. The van der Waals surface area contributed by atoms with Crippen molar-refractivity contribution in [1.82, 2.24) is 0 Å². The lowest BCUT2D eigenvalue weighted by molar-refractivity contribution is 0.102. The van der Waals surface area contributed by atoms with Crippen LogP contribution in [0.15, 0.2) is 77.7 Å². The van der Waals surface area contributed by atoms with E-state index in [2.05, 4.69) is 28.2 Å². The van der Waals surface area contributed by atoms with Crippen LogP contribution >= 0.6 is 11.8 Å². The first kappa shape index (κ1) is 21.0. The van der Waals surface area contributed by atoms with E-state index in [4.69, 9.17) is 0 Å². The number of anilines is 2. The van der Waals surface area contributed by atoms with Crippen LogP contribution in [0.2, 0.25) is 0 Å². The molecule has 3 rings (SSSR count). The SMILES string of the molecule is Cc1cc(CSc2ccccc2)ccc1NC(=O)c1cccc(NS(C)(=O)=O)c1. The van der Waals surface area contributed by atoms with E-state index in [1.54, 1.807) is 30.0 Å². The quantitative estimate of drug-likeness (QED) is 0.526. The van der Waals surface area contributed by atoms with Gasteiger partial charge in [-0.1, -0.05) is 36.4 Å². The highest BCUT2D eigenvalue weighted by Crippen LogP contribution is 2.25. The highest BCUT2D eigenvalue weighted by atomic mass is 32.2. The molecule has 0 fully saturated rings. The molecule has 0 aliphatic heterocycles. The van der Waals surface area contributed by atoms with Gasteiger partial charge in [-0.15, -0.1) is 11.8 Å². The highest BCUT2D eigenvalue weighted by molar-refractivity contribution is 7.98. The van der Waals surface area contributed by atoms with Gasteiger partial charge in [0.1, 0.15) is 0 Å². The van der Waals surface area contributed by atoms with E-state index in [1.165, 1.54) is 16.5 Å². The van der Waals surface area contributed by atoms with Crippen molar-refractivity contribution in [3.8, 4) is 0 Å². The standard InChI is InChI=1S/C22H22N2O3S2/c1-16-13-17(15-28-20-9-4-3-5-10-20)11-12-21(16)23-22(25)18-7-6-8-19(14-18)24-29(2,26)27/h3-14,24H,15H2,1-2H3,(H,23,25). The summed E-state index contributed by atoms with van der Waals surface area (Å²) in [6, 6.07) is 22.6. The van der Waals surface area contributed by atoms with Gasteiger partial charge in [0.25, 0.3) is 5.91 Å². The third-order valence-corrected chi connectivity index (χ3v) is 5.81. The van der Waals surface area contributed by atoms with Gasteiger partial charge in [-0.25, -0.2) is 8.42 Å². The lowest BCUT2D eigenvalue weighted by Gasteiger charge is -2.11. The van der Waals surface area contributed by atoms with E-state index in [9.17, 15) is 13.2 Å². The summed E-state index contributed by atoms with van der Waals surface area (Å²) < 4.78 is 25.1. The molecular weight excluding hydrogens is 404 g/mol. The van der Waals surface area contributed by atoms with Gasteiger partial charge in [0.05, 0.1) is 6.26 Å². The molecule has 0 bridgehead atoms. The van der Waals surface area contributed by atoms with Gasteiger partial charge in [0.15, 0.2) is 0 Å². The molecule has 0 aliphatic carbocycles. The summed E-state index contributed by atoms with van der Waals surface area (Å²) in [6.07, 6.45) is 1.07. The molecule has 0 aromatic heterocycles. The minimum Gasteiger partial charge on any atom is -0.322 e. The fourth-order valence-electron chi connectivity index (χ4n) is 2.77. The summed E-state index contributed by atoms with van der Waals surface area (Å²) in [6.45, 7) is 1.95. The van der Waals surface area contributed by atoms with E-state index in [0.29, 0.717) is 11.3 Å². The molecule has 0 saturated heterocycles. The van der Waals surface area contributed by atoms with Crippen LogP contribution in [0.5, 0.6) is 0 Å². The molecule has 0 unspecified atom stereocenters. The number of nitrogens with one attached hydrogen (secondary N) is 2. The fourth-order valence-corrected chi connectivity index (χ4v) is 4.19. The number of amides is 1. The zero-order valence-corrected chi connectivity index (χ0v) is 17.8. The average Bonchev–Trinajstić information content (AvgIpc) is 2.68. The molecule has 0 aliphatic rings. The fraction of sp³-hybridized carbons (Fsp3) is 0.136. The second kappa shape index (κ2) is 9.15. The summed E-state index contributed by atoms with van der Waals surface area (Å²) in [5.74, 6) is 0.551. The Hall–Kier alpha value is -2.77. The van der Waals surface area contributed by atoms with Crippen LogP contribution in [-0.4, -0.2) is 20.6 Å². The predicted molar refractivity (Wildman–Crippen MR) is 120 cm³/mol. The van der Waals surface area contributed by atoms with Crippen LogP contribution in [0.1, 0.15) is 21.5 Å². The molecular formula is C22H22N2O3S2. The van der Waals surface area contributed by atoms with Crippen molar-refractivity contribution < 1.29 is 13.2 Å². The Morgan fingerprint density at radius 3 is 2.41 bits per heavy atom. The van der Waals surface area contributed by atoms with E-state index in [1.807, 2.05) is 37.3 Å². The van der Waals surface area contributed by atoms with Gasteiger partial charge in [0.2, 0.25) is 10.0 Å². The molecule has 5 nitrogen and oxygen atoms in total. The van der Waals surface area contributed by atoms with Crippen molar-refractivity contribution in [2.75, 3.05) is 16.3 Å². The molecule has 0 saturated carbocycles. The number of aryl methyl sites for hydroxylation is 1. The number of rotatable bonds is 7. The Labute approximate surface area is 175 Å². The molecule has 0 atom stereocenters. The lowest BCUT2D eigenvalue weighted by Crippen LogP contribution is -2.14. The molecule has 3 aromatic carbocycles. The number of carbonyl (C=O) groups excluding carboxylic acids is 1. The lowest BCUT2D eigenvalue weighted by atomic mass is 10.1. The number of sulfonamides is 1. The molecule has 3 aromatic rings. The number of benzene rings is 3. The first-order valence-corrected chi connectivity index (χ1v) is 11.8. The number of carbonyl (C=O) groups is 1. The largest absolute Gasteiger partial charge is 0.322 e. The Kier molecular flexibility index (Phi) is 6.61. The van der Waals surface area contributed by atoms with Crippen molar-refractivity contribution in [3.63, 3.8) is 0 Å².